The molecule has 0 aliphatic rings. The summed E-state index contributed by atoms with van der Waals surface area (Å²) in [6.45, 7) is 1.36. The van der Waals surface area contributed by atoms with Crippen LogP contribution in [0.15, 0.2) is 24.3 Å². The predicted octanol–water partition coefficient (Wildman–Crippen LogP) is -1.59. The Kier molecular flexibility index (Phi) is 9.32. The maximum absolute atomic E-state index is 10.4. The zero-order valence-corrected chi connectivity index (χ0v) is 11.8. The van der Waals surface area contributed by atoms with Gasteiger partial charge in [-0.05, 0) is 0 Å². The molecule has 1 aromatic carbocycles. The number of carbonyl (C=O) groups is 1. The van der Waals surface area contributed by atoms with Gasteiger partial charge in [-0.2, -0.15) is 18.2 Å². The molecule has 0 spiro atoms. The Bertz CT molecular complexity index is 226. The number of hydrogen-bond donors (Lipinski definition) is 0. The van der Waals surface area contributed by atoms with Gasteiger partial charge in [0, 0.05) is 12.7 Å². The van der Waals surface area contributed by atoms with E-state index in [1.807, 2.05) is 6.07 Å². The van der Waals surface area contributed by atoms with Crippen molar-refractivity contribution in [3.8, 4) is 5.75 Å². The summed E-state index contributed by atoms with van der Waals surface area (Å²) in [6.07, 6.45) is 0. The van der Waals surface area contributed by atoms with Crippen molar-refractivity contribution >= 4 is 5.97 Å². The zero-order chi connectivity index (χ0) is 7.40. The Morgan fingerprint density at radius 3 is 2.58 bits per heavy atom. The van der Waals surface area contributed by atoms with Crippen LogP contribution in [-0.4, -0.2) is 5.97 Å². The van der Waals surface area contributed by atoms with Gasteiger partial charge in [0.05, 0.1) is 0 Å². The molecule has 0 saturated carbocycles. The Morgan fingerprint density at radius 2 is 2.17 bits per heavy atom. The van der Waals surface area contributed by atoms with Crippen LogP contribution >= 0.6 is 0 Å². The SMILES string of the molecule is CC(=O)Oc1[c-]cccc1.[I-].[Zn+2]. The third-order valence-corrected chi connectivity index (χ3v) is 0.934. The van der Waals surface area contributed by atoms with Gasteiger partial charge in [0.25, 0.3) is 0 Å². The topological polar surface area (TPSA) is 26.3 Å². The minimum Gasteiger partial charge on any atom is -1.00 e. The molecule has 0 bridgehead atoms. The second-order valence-electron chi connectivity index (χ2n) is 1.82. The summed E-state index contributed by atoms with van der Waals surface area (Å²) >= 11 is 0. The van der Waals surface area contributed by atoms with Gasteiger partial charge in [-0.15, -0.1) is 12.1 Å². The molecule has 0 aromatic heterocycles. The molecule has 12 heavy (non-hydrogen) atoms. The fraction of sp³-hybridized carbons (Fsp3) is 0.125. The number of esters is 1. The summed E-state index contributed by atoms with van der Waals surface area (Å²) in [6, 6.07) is 9.73. The molecule has 1 aromatic rings. The summed E-state index contributed by atoms with van der Waals surface area (Å²) in [5, 5.41) is 0. The van der Waals surface area contributed by atoms with Gasteiger partial charge < -0.3 is 28.7 Å². The van der Waals surface area contributed by atoms with Gasteiger partial charge in [-0.25, -0.2) is 0 Å². The second kappa shape index (κ2) is 7.68. The molecule has 0 radical (unpaired) electrons. The Hall–Kier alpha value is 0.0434. The largest absolute Gasteiger partial charge is 2.00 e. The number of benzene rings is 1. The monoisotopic (exact) mass is 326 g/mol. The molecule has 0 aliphatic carbocycles. The minimum absolute atomic E-state index is 0. The van der Waals surface area contributed by atoms with Crippen LogP contribution in [0.5, 0.6) is 5.75 Å². The van der Waals surface area contributed by atoms with Gasteiger partial charge >= 0.3 is 25.4 Å². The van der Waals surface area contributed by atoms with E-state index in [0.717, 1.165) is 0 Å². The first kappa shape index (κ1) is 14.6. The van der Waals surface area contributed by atoms with E-state index in [0.29, 0.717) is 5.75 Å². The fourth-order valence-corrected chi connectivity index (χ4v) is 0.595. The quantitative estimate of drug-likeness (QED) is 0.204. The van der Waals surface area contributed by atoms with E-state index >= 15 is 0 Å². The van der Waals surface area contributed by atoms with Gasteiger partial charge in [0.15, 0.2) is 0 Å². The van der Waals surface area contributed by atoms with Crippen LogP contribution in [0.3, 0.4) is 0 Å². The summed E-state index contributed by atoms with van der Waals surface area (Å²) < 4.78 is 4.72. The van der Waals surface area contributed by atoms with Crippen molar-refractivity contribution < 1.29 is 53.0 Å². The summed E-state index contributed by atoms with van der Waals surface area (Å²) in [5.41, 5.74) is 0. The standard InChI is InChI=1S/C8H7O2.HI.Zn/c1-7(9)10-8-5-3-2-4-6-8;;/h2-5H,1H3;1H;/q-1;;+2/p-1. The van der Waals surface area contributed by atoms with Crippen molar-refractivity contribution in [1.29, 1.82) is 0 Å². The number of ether oxygens (including phenoxy) is 1. The van der Waals surface area contributed by atoms with E-state index in [2.05, 4.69) is 6.07 Å². The molecule has 0 amide bonds. The molecule has 4 heteroatoms. The molecule has 1 rings (SSSR count). The number of hydrogen-bond acceptors (Lipinski definition) is 2. The number of carbonyl (C=O) groups excluding carboxylic acids is 1. The van der Waals surface area contributed by atoms with Gasteiger partial charge in [-0.3, -0.25) is 4.79 Å². The molecule has 0 saturated heterocycles. The summed E-state index contributed by atoms with van der Waals surface area (Å²) in [5.74, 6) is 0.150. The van der Waals surface area contributed by atoms with E-state index in [4.69, 9.17) is 4.74 Å². The second-order valence-corrected chi connectivity index (χ2v) is 1.82. The van der Waals surface area contributed by atoms with Crippen LogP contribution in [0, 0.1) is 6.07 Å². The first-order valence-electron chi connectivity index (χ1n) is 2.94. The minimum atomic E-state index is -0.317. The van der Waals surface area contributed by atoms with Gasteiger partial charge in [0.2, 0.25) is 0 Å². The van der Waals surface area contributed by atoms with Crippen LogP contribution in [-0.2, 0) is 24.3 Å². The first-order chi connectivity index (χ1) is 4.79. The van der Waals surface area contributed by atoms with Gasteiger partial charge in [0.1, 0.15) is 0 Å². The molecule has 2 nitrogen and oxygen atoms in total. The van der Waals surface area contributed by atoms with Gasteiger partial charge in [-0.1, -0.05) is 0 Å². The van der Waals surface area contributed by atoms with Crippen LogP contribution in [0.25, 0.3) is 0 Å². The van der Waals surface area contributed by atoms with E-state index in [1.54, 1.807) is 18.2 Å². The summed E-state index contributed by atoms with van der Waals surface area (Å²) in [4.78, 5) is 10.4. The van der Waals surface area contributed by atoms with Crippen molar-refractivity contribution in [3.63, 3.8) is 0 Å². The average Bonchev–Trinajstić information content (AvgIpc) is 1.88. The fourth-order valence-electron chi connectivity index (χ4n) is 0.595. The van der Waals surface area contributed by atoms with Crippen LogP contribution in [0.1, 0.15) is 6.92 Å². The molecular formula is C8H7IO2Zn. The van der Waals surface area contributed by atoms with E-state index in [9.17, 15) is 4.79 Å². The third kappa shape index (κ3) is 5.66. The van der Waals surface area contributed by atoms with E-state index in [-0.39, 0.29) is 49.4 Å². The predicted molar refractivity (Wildman–Crippen MR) is 36.6 cm³/mol. The summed E-state index contributed by atoms with van der Waals surface area (Å²) in [7, 11) is 0. The van der Waals surface area contributed by atoms with E-state index < -0.39 is 0 Å². The third-order valence-electron chi connectivity index (χ3n) is 0.934. The van der Waals surface area contributed by atoms with Crippen molar-refractivity contribution in [2.75, 3.05) is 0 Å². The van der Waals surface area contributed by atoms with Crippen molar-refractivity contribution in [2.24, 2.45) is 0 Å². The van der Waals surface area contributed by atoms with Crippen molar-refractivity contribution in [2.45, 2.75) is 6.92 Å². The number of para-hydroxylation sites is 1. The first-order valence-corrected chi connectivity index (χ1v) is 2.94. The van der Waals surface area contributed by atoms with Crippen LogP contribution in [0.4, 0.5) is 0 Å². The molecule has 0 fully saturated rings. The number of halogens is 1. The maximum Gasteiger partial charge on any atom is 2.00 e. The molecule has 0 atom stereocenters. The average molecular weight is 327 g/mol. The molecular weight excluding hydrogens is 320 g/mol. The zero-order valence-electron chi connectivity index (χ0n) is 6.71. The smallest absolute Gasteiger partial charge is 1.00 e. The maximum atomic E-state index is 10.4. The molecule has 0 aliphatic heterocycles. The molecule has 0 heterocycles. The van der Waals surface area contributed by atoms with Crippen LogP contribution < -0.4 is 28.7 Å². The van der Waals surface area contributed by atoms with Crippen molar-refractivity contribution in [3.05, 3.63) is 30.3 Å². The Balaban J connectivity index is 0. The van der Waals surface area contributed by atoms with Crippen molar-refractivity contribution in [1.82, 2.24) is 0 Å². The van der Waals surface area contributed by atoms with E-state index in [1.165, 1.54) is 6.92 Å². The number of rotatable bonds is 1. The normalized spacial score (nSPS) is 7.42. The van der Waals surface area contributed by atoms with Crippen LogP contribution in [0.2, 0.25) is 0 Å². The Morgan fingerprint density at radius 1 is 1.50 bits per heavy atom. The molecule has 60 valence electrons. The molecule has 0 unspecified atom stereocenters. The Labute approximate surface area is 101 Å². The molecule has 0 N–H and O–H groups in total.